The summed E-state index contributed by atoms with van der Waals surface area (Å²) in [5, 5.41) is 2.84. The zero-order valence-corrected chi connectivity index (χ0v) is 8.23. The number of rotatable bonds is 5. The summed E-state index contributed by atoms with van der Waals surface area (Å²) in [5.41, 5.74) is 0. The highest BCUT2D eigenvalue weighted by Gasteiger charge is 2.07. The fourth-order valence-corrected chi connectivity index (χ4v) is 1.04. The average molecular weight is 185 g/mol. The van der Waals surface area contributed by atoms with E-state index in [0.717, 1.165) is 6.42 Å². The number of thiol groups is 1. The maximum atomic E-state index is 11.1. The largest absolute Gasteiger partial charge is 0.352 e. The number of carbonyl (C=O) groups excluding carboxylic acids is 1. The molecule has 0 aliphatic rings. The lowest BCUT2D eigenvalue weighted by Crippen LogP contribution is -2.34. The van der Waals surface area contributed by atoms with E-state index in [9.17, 15) is 4.79 Å². The summed E-state index contributed by atoms with van der Waals surface area (Å²) in [6.07, 6.45) is 7.08. The molecule has 0 radical (unpaired) electrons. The van der Waals surface area contributed by atoms with Crippen molar-refractivity contribution in [1.82, 2.24) is 5.32 Å². The number of amides is 1. The second-order valence-electron chi connectivity index (χ2n) is 2.55. The zero-order valence-electron chi connectivity index (χ0n) is 7.34. The minimum absolute atomic E-state index is 0.0344. The van der Waals surface area contributed by atoms with Crippen LogP contribution in [0.25, 0.3) is 0 Å². The maximum Gasteiger partial charge on any atom is 0.221 e. The van der Waals surface area contributed by atoms with Crippen LogP contribution in [-0.2, 0) is 4.79 Å². The summed E-state index contributed by atoms with van der Waals surface area (Å²) in [5.74, 6) is 3.15. The molecule has 0 aliphatic heterocycles. The Balaban J connectivity index is 3.70. The van der Waals surface area contributed by atoms with Crippen molar-refractivity contribution in [2.45, 2.75) is 32.2 Å². The predicted octanol–water partition coefficient (Wildman–Crippen LogP) is 1.22. The molecule has 0 fully saturated rings. The Morgan fingerprint density at radius 2 is 2.42 bits per heavy atom. The molecule has 1 unspecified atom stereocenters. The van der Waals surface area contributed by atoms with Crippen molar-refractivity contribution in [3.05, 3.63) is 0 Å². The summed E-state index contributed by atoms with van der Waals surface area (Å²) in [7, 11) is 0. The second-order valence-corrected chi connectivity index (χ2v) is 3.00. The zero-order chi connectivity index (χ0) is 9.40. The number of hydrogen-bond donors (Lipinski definition) is 2. The normalized spacial score (nSPS) is 11.8. The van der Waals surface area contributed by atoms with Crippen LogP contribution in [0.1, 0.15) is 26.2 Å². The van der Waals surface area contributed by atoms with Crippen LogP contribution >= 0.6 is 12.6 Å². The Labute approximate surface area is 79.5 Å². The third-order valence-electron chi connectivity index (χ3n) is 1.56. The Morgan fingerprint density at radius 1 is 1.75 bits per heavy atom. The molecule has 0 bridgehead atoms. The van der Waals surface area contributed by atoms with Crippen molar-refractivity contribution in [1.29, 1.82) is 0 Å². The third kappa shape index (κ3) is 5.09. The van der Waals surface area contributed by atoms with Gasteiger partial charge in [-0.25, -0.2) is 0 Å². The van der Waals surface area contributed by atoms with Gasteiger partial charge >= 0.3 is 0 Å². The number of carbonyl (C=O) groups is 1. The van der Waals surface area contributed by atoms with Gasteiger partial charge in [-0.1, -0.05) is 6.92 Å². The molecule has 0 aliphatic carbocycles. The first kappa shape index (κ1) is 11.4. The molecule has 3 heteroatoms. The van der Waals surface area contributed by atoms with Crippen LogP contribution < -0.4 is 5.32 Å². The molecule has 0 aromatic heterocycles. The molecule has 1 amide bonds. The van der Waals surface area contributed by atoms with Crippen LogP contribution in [-0.4, -0.2) is 17.7 Å². The third-order valence-corrected chi connectivity index (χ3v) is 1.78. The van der Waals surface area contributed by atoms with Crippen LogP contribution in [0.3, 0.4) is 0 Å². The molecular weight excluding hydrogens is 170 g/mol. The van der Waals surface area contributed by atoms with Crippen molar-refractivity contribution in [3.8, 4) is 12.3 Å². The van der Waals surface area contributed by atoms with Gasteiger partial charge < -0.3 is 5.32 Å². The van der Waals surface area contributed by atoms with E-state index in [2.05, 4.69) is 23.9 Å². The predicted molar refractivity (Wildman–Crippen MR) is 54.1 cm³/mol. The average Bonchev–Trinajstić information content (AvgIpc) is 2.04. The van der Waals surface area contributed by atoms with E-state index in [0.29, 0.717) is 18.6 Å². The van der Waals surface area contributed by atoms with E-state index >= 15 is 0 Å². The molecular formula is C9H15NOS. The summed E-state index contributed by atoms with van der Waals surface area (Å²) in [6.45, 7) is 2.00. The van der Waals surface area contributed by atoms with Gasteiger partial charge in [0, 0.05) is 18.9 Å². The molecule has 0 rings (SSSR count). The number of hydrogen-bond acceptors (Lipinski definition) is 2. The van der Waals surface area contributed by atoms with Crippen LogP contribution in [0.5, 0.6) is 0 Å². The Kier molecular flexibility index (Phi) is 6.69. The number of terminal acetylenes is 1. The lowest BCUT2D eigenvalue weighted by molar-refractivity contribution is -0.121. The Hall–Kier alpha value is -0.620. The van der Waals surface area contributed by atoms with Gasteiger partial charge in [0.25, 0.3) is 0 Å². The molecule has 0 aromatic rings. The van der Waals surface area contributed by atoms with Gasteiger partial charge in [0.15, 0.2) is 0 Å². The van der Waals surface area contributed by atoms with Crippen LogP contribution in [0, 0.1) is 12.3 Å². The van der Waals surface area contributed by atoms with Gasteiger partial charge in [0.2, 0.25) is 5.91 Å². The smallest absolute Gasteiger partial charge is 0.221 e. The fraction of sp³-hybridized carbons (Fsp3) is 0.667. The first-order chi connectivity index (χ1) is 5.74. The number of nitrogens with one attached hydrogen (secondary N) is 1. The monoisotopic (exact) mass is 185 g/mol. The minimum Gasteiger partial charge on any atom is -0.352 e. The molecule has 12 heavy (non-hydrogen) atoms. The van der Waals surface area contributed by atoms with E-state index in [1.54, 1.807) is 0 Å². The van der Waals surface area contributed by atoms with Crippen LogP contribution in [0.4, 0.5) is 0 Å². The maximum absolute atomic E-state index is 11.1. The summed E-state index contributed by atoms with van der Waals surface area (Å²) >= 11 is 3.96. The second kappa shape index (κ2) is 7.05. The first-order valence-corrected chi connectivity index (χ1v) is 4.71. The quantitative estimate of drug-likeness (QED) is 0.489. The Morgan fingerprint density at radius 3 is 2.83 bits per heavy atom. The summed E-state index contributed by atoms with van der Waals surface area (Å²) < 4.78 is 0. The van der Waals surface area contributed by atoms with Crippen molar-refractivity contribution < 1.29 is 4.79 Å². The van der Waals surface area contributed by atoms with Crippen molar-refractivity contribution >= 4 is 18.5 Å². The van der Waals surface area contributed by atoms with E-state index < -0.39 is 0 Å². The van der Waals surface area contributed by atoms with Gasteiger partial charge in [0.05, 0.1) is 0 Å². The molecule has 0 spiro atoms. The van der Waals surface area contributed by atoms with Gasteiger partial charge in [-0.2, -0.15) is 12.6 Å². The lowest BCUT2D eigenvalue weighted by Gasteiger charge is -2.13. The highest BCUT2D eigenvalue weighted by Crippen LogP contribution is 1.96. The van der Waals surface area contributed by atoms with Crippen molar-refractivity contribution in [2.24, 2.45) is 0 Å². The lowest BCUT2D eigenvalue weighted by atomic mass is 10.1. The molecule has 1 atom stereocenters. The van der Waals surface area contributed by atoms with Gasteiger partial charge in [-0.3, -0.25) is 4.79 Å². The minimum atomic E-state index is 0.0344. The van der Waals surface area contributed by atoms with Crippen LogP contribution in [0.2, 0.25) is 0 Å². The molecule has 0 saturated heterocycles. The summed E-state index contributed by atoms with van der Waals surface area (Å²) in [4.78, 5) is 11.1. The van der Waals surface area contributed by atoms with E-state index in [4.69, 9.17) is 6.42 Å². The molecule has 0 heterocycles. The molecule has 0 aromatic carbocycles. The van der Waals surface area contributed by atoms with Gasteiger partial charge in [0.1, 0.15) is 0 Å². The van der Waals surface area contributed by atoms with Crippen molar-refractivity contribution in [3.63, 3.8) is 0 Å². The molecule has 68 valence electrons. The fourth-order valence-electron chi connectivity index (χ4n) is 0.841. The topological polar surface area (TPSA) is 29.1 Å². The molecule has 0 saturated carbocycles. The summed E-state index contributed by atoms with van der Waals surface area (Å²) in [6, 6.07) is 0.127. The first-order valence-electron chi connectivity index (χ1n) is 4.08. The molecule has 1 N–H and O–H groups in total. The van der Waals surface area contributed by atoms with E-state index in [1.165, 1.54) is 0 Å². The molecule has 2 nitrogen and oxygen atoms in total. The standard InChI is InChI=1S/C9H15NOS/c1-3-5-8(4-2)10-9(11)6-7-12/h1,8,12H,4-7H2,2H3,(H,10,11). The van der Waals surface area contributed by atoms with Crippen LogP contribution in [0.15, 0.2) is 0 Å². The Bertz CT molecular complexity index is 174. The van der Waals surface area contributed by atoms with E-state index in [1.807, 2.05) is 6.92 Å². The highest BCUT2D eigenvalue weighted by molar-refractivity contribution is 7.80. The van der Waals surface area contributed by atoms with Crippen molar-refractivity contribution in [2.75, 3.05) is 5.75 Å². The van der Waals surface area contributed by atoms with Gasteiger partial charge in [-0.05, 0) is 12.2 Å². The SMILES string of the molecule is C#CCC(CC)NC(=O)CCS. The van der Waals surface area contributed by atoms with E-state index in [-0.39, 0.29) is 11.9 Å². The van der Waals surface area contributed by atoms with Gasteiger partial charge in [-0.15, -0.1) is 12.3 Å². The highest BCUT2D eigenvalue weighted by atomic mass is 32.1.